The van der Waals surface area contributed by atoms with E-state index in [2.05, 4.69) is 48.1 Å². The quantitative estimate of drug-likeness (QED) is 0.733. The largest absolute Gasteiger partial charge is 0.407 e. The molecule has 1 aromatic rings. The predicted molar refractivity (Wildman–Crippen MR) is 73.6 cm³/mol. The lowest BCUT2D eigenvalue weighted by atomic mass is 10.0. The highest BCUT2D eigenvalue weighted by Crippen LogP contribution is 2.17. The van der Waals surface area contributed by atoms with Crippen molar-refractivity contribution in [1.82, 2.24) is 15.5 Å². The number of nitrogens with zero attached hydrogens (tertiary/aromatic N) is 3. The van der Waals surface area contributed by atoms with Crippen molar-refractivity contribution in [3.05, 3.63) is 5.89 Å². The van der Waals surface area contributed by atoms with Crippen molar-refractivity contribution >= 4 is 6.01 Å². The van der Waals surface area contributed by atoms with Crippen molar-refractivity contribution in [3.8, 4) is 0 Å². The highest BCUT2D eigenvalue weighted by Gasteiger charge is 2.16. The van der Waals surface area contributed by atoms with E-state index in [1.807, 2.05) is 0 Å². The fraction of sp³-hybridized carbons (Fsp3) is 0.846. The van der Waals surface area contributed by atoms with Crippen molar-refractivity contribution < 1.29 is 4.42 Å². The lowest BCUT2D eigenvalue weighted by Crippen LogP contribution is -2.29. The van der Waals surface area contributed by atoms with Crippen molar-refractivity contribution in [2.24, 2.45) is 5.92 Å². The first kappa shape index (κ1) is 15.0. The molecule has 0 saturated heterocycles. The molecule has 0 amide bonds. The summed E-state index contributed by atoms with van der Waals surface area (Å²) < 4.78 is 5.67. The molecule has 5 heteroatoms. The van der Waals surface area contributed by atoms with Crippen LogP contribution in [0.2, 0.25) is 0 Å². The second kappa shape index (κ2) is 8.08. The molecule has 0 unspecified atom stereocenters. The van der Waals surface area contributed by atoms with Gasteiger partial charge in [-0.2, -0.15) is 0 Å². The van der Waals surface area contributed by atoms with Gasteiger partial charge in [0.15, 0.2) is 0 Å². The van der Waals surface area contributed by atoms with E-state index in [9.17, 15) is 0 Å². The van der Waals surface area contributed by atoms with E-state index in [0.717, 1.165) is 19.6 Å². The maximum atomic E-state index is 5.67. The highest BCUT2D eigenvalue weighted by atomic mass is 16.4. The molecule has 1 heterocycles. The molecule has 0 radical (unpaired) electrons. The molecule has 1 rings (SSSR count). The molecule has 18 heavy (non-hydrogen) atoms. The molecule has 0 aromatic carbocycles. The van der Waals surface area contributed by atoms with Gasteiger partial charge in [0, 0.05) is 13.1 Å². The van der Waals surface area contributed by atoms with Crippen LogP contribution in [0.1, 0.15) is 46.4 Å². The van der Waals surface area contributed by atoms with Crippen molar-refractivity contribution in [3.63, 3.8) is 0 Å². The molecule has 0 aliphatic rings. The van der Waals surface area contributed by atoms with Gasteiger partial charge in [0.25, 0.3) is 0 Å². The third kappa shape index (κ3) is 4.29. The molecular weight excluding hydrogens is 228 g/mol. The minimum absolute atomic E-state index is 0.645. The van der Waals surface area contributed by atoms with Gasteiger partial charge in [-0.15, -0.1) is 5.10 Å². The zero-order valence-electron chi connectivity index (χ0n) is 12.1. The molecule has 0 saturated carbocycles. The zero-order chi connectivity index (χ0) is 13.4. The van der Waals surface area contributed by atoms with Gasteiger partial charge in [0.2, 0.25) is 5.89 Å². The van der Waals surface area contributed by atoms with Crippen LogP contribution in [0.15, 0.2) is 4.42 Å². The molecular formula is C13H26N4O. The minimum Gasteiger partial charge on any atom is -0.407 e. The van der Waals surface area contributed by atoms with Crippen molar-refractivity contribution in [2.75, 3.05) is 24.5 Å². The van der Waals surface area contributed by atoms with E-state index >= 15 is 0 Å². The van der Waals surface area contributed by atoms with Gasteiger partial charge in [-0.3, -0.25) is 0 Å². The Balaban J connectivity index is 2.61. The van der Waals surface area contributed by atoms with Crippen LogP contribution >= 0.6 is 0 Å². The van der Waals surface area contributed by atoms with Crippen molar-refractivity contribution in [1.29, 1.82) is 0 Å². The molecule has 1 N–H and O–H groups in total. The van der Waals surface area contributed by atoms with Crippen LogP contribution in [0.25, 0.3) is 0 Å². The Kier molecular flexibility index (Phi) is 6.72. The van der Waals surface area contributed by atoms with Gasteiger partial charge in [0.1, 0.15) is 0 Å². The lowest BCUT2D eigenvalue weighted by molar-refractivity contribution is 0.435. The number of hydrogen-bond donors (Lipinski definition) is 1. The summed E-state index contributed by atoms with van der Waals surface area (Å²) >= 11 is 0. The molecule has 0 bridgehead atoms. The van der Waals surface area contributed by atoms with Crippen LogP contribution in [0.5, 0.6) is 0 Å². The Bertz CT molecular complexity index is 323. The summed E-state index contributed by atoms with van der Waals surface area (Å²) in [4.78, 5) is 2.17. The Morgan fingerprint density at radius 2 is 1.89 bits per heavy atom. The van der Waals surface area contributed by atoms with E-state index in [0.29, 0.717) is 24.4 Å². The Morgan fingerprint density at radius 3 is 2.44 bits per heavy atom. The minimum atomic E-state index is 0.645. The standard InChI is InChI=1S/C13H26N4O/c1-5-11(6-2)10-17(8-4)13-16-15-12(18-13)9-14-7-3/h11,14H,5-10H2,1-4H3. The average molecular weight is 254 g/mol. The maximum Gasteiger partial charge on any atom is 0.318 e. The summed E-state index contributed by atoms with van der Waals surface area (Å²) in [5.74, 6) is 1.35. The van der Waals surface area contributed by atoms with E-state index < -0.39 is 0 Å². The molecule has 0 spiro atoms. The molecule has 0 aliphatic carbocycles. The molecule has 0 fully saturated rings. The third-order valence-electron chi connectivity index (χ3n) is 3.27. The second-order valence-corrected chi connectivity index (χ2v) is 4.48. The number of nitrogens with one attached hydrogen (secondary N) is 1. The number of rotatable bonds is 9. The molecule has 0 aliphatic heterocycles. The summed E-state index contributed by atoms with van der Waals surface area (Å²) in [7, 11) is 0. The lowest BCUT2D eigenvalue weighted by Gasteiger charge is -2.23. The molecule has 104 valence electrons. The van der Waals surface area contributed by atoms with Crippen LogP contribution in [0.3, 0.4) is 0 Å². The van der Waals surface area contributed by atoms with Gasteiger partial charge in [-0.25, -0.2) is 0 Å². The van der Waals surface area contributed by atoms with Crippen molar-refractivity contribution in [2.45, 2.75) is 47.1 Å². The summed E-state index contributed by atoms with van der Waals surface area (Å²) in [6.07, 6.45) is 2.37. The molecule has 0 atom stereocenters. The van der Waals surface area contributed by atoms with Crippen LogP contribution in [-0.4, -0.2) is 29.8 Å². The van der Waals surface area contributed by atoms with E-state index in [4.69, 9.17) is 4.42 Å². The van der Waals surface area contributed by atoms with Gasteiger partial charge in [-0.1, -0.05) is 38.7 Å². The van der Waals surface area contributed by atoms with Crippen LogP contribution in [0, 0.1) is 5.92 Å². The number of anilines is 1. The number of aromatic nitrogens is 2. The zero-order valence-corrected chi connectivity index (χ0v) is 12.1. The third-order valence-corrected chi connectivity index (χ3v) is 3.27. The first-order valence-electron chi connectivity index (χ1n) is 7.03. The fourth-order valence-corrected chi connectivity index (χ4v) is 1.88. The normalized spacial score (nSPS) is 11.2. The van der Waals surface area contributed by atoms with Gasteiger partial charge >= 0.3 is 6.01 Å². The summed E-state index contributed by atoms with van der Waals surface area (Å²) in [6.45, 7) is 12.1. The van der Waals surface area contributed by atoms with Crippen LogP contribution < -0.4 is 10.2 Å². The molecule has 5 nitrogen and oxygen atoms in total. The van der Waals surface area contributed by atoms with Gasteiger partial charge in [-0.05, 0) is 19.4 Å². The first-order chi connectivity index (χ1) is 8.74. The monoisotopic (exact) mass is 254 g/mol. The Hall–Kier alpha value is -1.10. The summed E-state index contributed by atoms with van der Waals surface area (Å²) in [6, 6.07) is 0.650. The SMILES string of the molecule is CCNCc1nnc(N(CC)CC(CC)CC)o1. The predicted octanol–water partition coefficient (Wildman–Crippen LogP) is 2.44. The van der Waals surface area contributed by atoms with E-state index in [-0.39, 0.29) is 0 Å². The van der Waals surface area contributed by atoms with E-state index in [1.54, 1.807) is 0 Å². The summed E-state index contributed by atoms with van der Waals surface area (Å²) in [5, 5.41) is 11.4. The van der Waals surface area contributed by atoms with Crippen LogP contribution in [-0.2, 0) is 6.54 Å². The van der Waals surface area contributed by atoms with Gasteiger partial charge in [0.05, 0.1) is 6.54 Å². The van der Waals surface area contributed by atoms with E-state index in [1.165, 1.54) is 12.8 Å². The average Bonchev–Trinajstić information content (AvgIpc) is 2.86. The Morgan fingerprint density at radius 1 is 1.17 bits per heavy atom. The first-order valence-corrected chi connectivity index (χ1v) is 7.03. The topological polar surface area (TPSA) is 54.2 Å². The van der Waals surface area contributed by atoms with Crippen LogP contribution in [0.4, 0.5) is 6.01 Å². The fourth-order valence-electron chi connectivity index (χ4n) is 1.88. The maximum absolute atomic E-state index is 5.67. The molecule has 1 aromatic heterocycles. The second-order valence-electron chi connectivity index (χ2n) is 4.48. The Labute approximate surface area is 110 Å². The smallest absolute Gasteiger partial charge is 0.318 e. The summed E-state index contributed by atoms with van der Waals surface area (Å²) in [5.41, 5.74) is 0. The van der Waals surface area contributed by atoms with Gasteiger partial charge < -0.3 is 14.6 Å². The highest BCUT2D eigenvalue weighted by molar-refractivity contribution is 5.23. The number of hydrogen-bond acceptors (Lipinski definition) is 5.